The van der Waals surface area contributed by atoms with Gasteiger partial charge in [0.2, 0.25) is 0 Å². The fraction of sp³-hybridized carbons (Fsp3) is 0.389. The molecule has 2 aliphatic carbocycles. The summed E-state index contributed by atoms with van der Waals surface area (Å²) in [4.78, 5) is 4.05. The summed E-state index contributed by atoms with van der Waals surface area (Å²) >= 11 is 1.78. The Bertz CT molecular complexity index is 757. The van der Waals surface area contributed by atoms with Gasteiger partial charge in [0.25, 0.3) is 7.05 Å². The summed E-state index contributed by atoms with van der Waals surface area (Å²) in [5.41, 5.74) is 4.14. The zero-order valence-electron chi connectivity index (χ0n) is 11.7. The SMILES string of the molecule is C[N+]#Cc1csc2ccc(C3=CCC4CCC3C4)cc12. The molecule has 2 aliphatic rings. The minimum Gasteiger partial charge on any atom is -0.142 e. The Morgan fingerprint density at radius 3 is 3.15 bits per heavy atom. The van der Waals surface area contributed by atoms with Gasteiger partial charge in [-0.25, -0.2) is 0 Å². The predicted octanol–water partition coefficient (Wildman–Crippen LogP) is 5.42. The lowest BCUT2D eigenvalue weighted by molar-refractivity contribution is 0.527. The van der Waals surface area contributed by atoms with E-state index >= 15 is 0 Å². The molecule has 1 saturated carbocycles. The first-order valence-corrected chi connectivity index (χ1v) is 8.29. The van der Waals surface area contributed by atoms with Crippen LogP contribution in [0.5, 0.6) is 0 Å². The molecule has 2 bridgehead atoms. The van der Waals surface area contributed by atoms with Gasteiger partial charge in [0.05, 0.1) is 0 Å². The number of rotatable bonds is 1. The number of fused-ring (bicyclic) bond motifs is 3. The highest BCUT2D eigenvalue weighted by Gasteiger charge is 2.31. The third-order valence-corrected chi connectivity index (χ3v) is 5.75. The highest BCUT2D eigenvalue weighted by molar-refractivity contribution is 7.17. The van der Waals surface area contributed by atoms with Crippen LogP contribution in [0.1, 0.15) is 36.8 Å². The van der Waals surface area contributed by atoms with Crippen LogP contribution < -0.4 is 0 Å². The van der Waals surface area contributed by atoms with Crippen molar-refractivity contribution in [2.75, 3.05) is 7.05 Å². The smallest absolute Gasteiger partial charge is 0.142 e. The van der Waals surface area contributed by atoms with E-state index in [0.29, 0.717) is 0 Å². The summed E-state index contributed by atoms with van der Waals surface area (Å²) < 4.78 is 1.33. The molecule has 20 heavy (non-hydrogen) atoms. The summed E-state index contributed by atoms with van der Waals surface area (Å²) in [6, 6.07) is 10.0. The van der Waals surface area contributed by atoms with Gasteiger partial charge in [-0.05, 0) is 60.8 Å². The van der Waals surface area contributed by atoms with Crippen LogP contribution in [0, 0.1) is 17.9 Å². The maximum Gasteiger partial charge on any atom is 0.312 e. The Kier molecular flexibility index (Phi) is 2.89. The third kappa shape index (κ3) is 1.89. The molecule has 2 atom stereocenters. The number of allylic oxidation sites excluding steroid dienone is 2. The van der Waals surface area contributed by atoms with Crippen LogP contribution in [-0.4, -0.2) is 7.05 Å². The Morgan fingerprint density at radius 1 is 1.30 bits per heavy atom. The first-order chi connectivity index (χ1) is 9.85. The van der Waals surface area contributed by atoms with Crippen molar-refractivity contribution < 1.29 is 0 Å². The van der Waals surface area contributed by atoms with Gasteiger partial charge >= 0.3 is 6.07 Å². The number of thiophene rings is 1. The van der Waals surface area contributed by atoms with Crippen molar-refractivity contribution in [2.24, 2.45) is 11.8 Å². The minimum absolute atomic E-state index is 0.803. The quantitative estimate of drug-likeness (QED) is 0.657. The second-order valence-electron chi connectivity index (χ2n) is 5.97. The molecule has 1 heterocycles. The van der Waals surface area contributed by atoms with Gasteiger partial charge < -0.3 is 0 Å². The summed E-state index contributed by atoms with van der Waals surface area (Å²) in [5, 5.41) is 3.46. The second-order valence-corrected chi connectivity index (χ2v) is 6.88. The maximum absolute atomic E-state index is 4.05. The maximum atomic E-state index is 4.05. The normalized spacial score (nSPS) is 24.4. The van der Waals surface area contributed by atoms with Crippen LogP contribution in [0.25, 0.3) is 20.5 Å². The van der Waals surface area contributed by atoms with Crippen molar-refractivity contribution in [1.82, 2.24) is 0 Å². The molecular weight excluding hydrogens is 262 g/mol. The average molecular weight is 280 g/mol. The number of hydrogen-bond donors (Lipinski definition) is 0. The first kappa shape index (κ1) is 12.2. The number of hydrogen-bond acceptors (Lipinski definition) is 1. The molecule has 4 rings (SSSR count). The fourth-order valence-corrected chi connectivity index (χ4v) is 4.67. The molecule has 0 N–H and O–H groups in total. The van der Waals surface area contributed by atoms with Gasteiger partial charge in [-0.3, -0.25) is 0 Å². The lowest BCUT2D eigenvalue weighted by Gasteiger charge is -2.21. The molecule has 2 unspecified atom stereocenters. The van der Waals surface area contributed by atoms with Crippen molar-refractivity contribution in [3.05, 3.63) is 45.6 Å². The molecule has 0 amide bonds. The first-order valence-electron chi connectivity index (χ1n) is 7.41. The summed E-state index contributed by atoms with van der Waals surface area (Å²) in [6.45, 7) is 0. The molecule has 0 spiro atoms. The molecule has 1 aromatic carbocycles. The van der Waals surface area contributed by atoms with E-state index in [9.17, 15) is 0 Å². The molecule has 1 fully saturated rings. The Balaban J connectivity index is 1.81. The standard InChI is InChI=1S/C18H18NS/c1-19-10-15-11-20-18-7-5-14(9-17(15)18)16-6-3-12-2-4-13(16)8-12/h5-7,9,11-13H,2-4,8H2,1H3/q+1. The summed E-state index contributed by atoms with van der Waals surface area (Å²) in [5.74, 6) is 1.77. The number of benzene rings is 1. The summed E-state index contributed by atoms with van der Waals surface area (Å²) in [7, 11) is 1.79. The molecule has 2 heteroatoms. The molecule has 100 valence electrons. The van der Waals surface area contributed by atoms with Crippen molar-refractivity contribution >= 4 is 27.0 Å². The Labute approximate surface area is 123 Å². The highest BCUT2D eigenvalue weighted by atomic mass is 32.1. The van der Waals surface area contributed by atoms with Crippen molar-refractivity contribution in [3.8, 4) is 6.07 Å². The van der Waals surface area contributed by atoms with Crippen molar-refractivity contribution in [3.63, 3.8) is 0 Å². The lowest BCUT2D eigenvalue weighted by Crippen LogP contribution is -2.05. The van der Waals surface area contributed by atoms with Crippen LogP contribution in [0.4, 0.5) is 0 Å². The van der Waals surface area contributed by atoms with Gasteiger partial charge in [-0.15, -0.1) is 11.3 Å². The van der Waals surface area contributed by atoms with E-state index in [-0.39, 0.29) is 0 Å². The molecule has 2 aromatic rings. The Hall–Kier alpha value is -1.59. The predicted molar refractivity (Wildman–Crippen MR) is 87.5 cm³/mol. The van der Waals surface area contributed by atoms with Crippen LogP contribution in [-0.2, 0) is 0 Å². The third-order valence-electron chi connectivity index (χ3n) is 4.79. The minimum atomic E-state index is 0.803. The van der Waals surface area contributed by atoms with E-state index in [0.717, 1.165) is 17.4 Å². The molecule has 1 aromatic heterocycles. The topological polar surface area (TPSA) is 4.36 Å². The molecule has 0 radical (unpaired) electrons. The van der Waals surface area contributed by atoms with Gasteiger partial charge in [0, 0.05) is 15.5 Å². The van der Waals surface area contributed by atoms with Crippen LogP contribution in [0.2, 0.25) is 0 Å². The monoisotopic (exact) mass is 280 g/mol. The van der Waals surface area contributed by atoms with Crippen LogP contribution in [0.3, 0.4) is 0 Å². The second kappa shape index (κ2) is 4.75. The zero-order chi connectivity index (χ0) is 13.5. The van der Waals surface area contributed by atoms with Crippen molar-refractivity contribution in [2.45, 2.75) is 25.7 Å². The highest BCUT2D eigenvalue weighted by Crippen LogP contribution is 2.46. The van der Waals surface area contributed by atoms with E-state index < -0.39 is 0 Å². The van der Waals surface area contributed by atoms with E-state index in [1.54, 1.807) is 24.0 Å². The fourth-order valence-electron chi connectivity index (χ4n) is 3.80. The van der Waals surface area contributed by atoms with E-state index in [1.165, 1.54) is 41.3 Å². The van der Waals surface area contributed by atoms with Gasteiger partial charge in [-0.2, -0.15) is 0 Å². The van der Waals surface area contributed by atoms with E-state index in [4.69, 9.17) is 0 Å². The van der Waals surface area contributed by atoms with E-state index in [2.05, 4.69) is 40.6 Å². The molecule has 1 nitrogen and oxygen atoms in total. The molecule has 0 aliphatic heterocycles. The van der Waals surface area contributed by atoms with Gasteiger partial charge in [-0.1, -0.05) is 17.0 Å². The number of nitrogens with zero attached hydrogens (tertiary/aromatic N) is 1. The molecular formula is C18H18NS+. The lowest BCUT2D eigenvalue weighted by atomic mass is 9.84. The zero-order valence-corrected chi connectivity index (χ0v) is 12.5. The molecule has 0 saturated heterocycles. The average Bonchev–Trinajstić information content (AvgIpc) is 3.04. The van der Waals surface area contributed by atoms with Crippen LogP contribution >= 0.6 is 11.3 Å². The van der Waals surface area contributed by atoms with Crippen molar-refractivity contribution in [1.29, 1.82) is 0 Å². The van der Waals surface area contributed by atoms with Gasteiger partial charge in [0.1, 0.15) is 5.56 Å². The van der Waals surface area contributed by atoms with Crippen LogP contribution in [0.15, 0.2) is 29.7 Å². The van der Waals surface area contributed by atoms with Gasteiger partial charge in [0.15, 0.2) is 0 Å². The Morgan fingerprint density at radius 2 is 2.25 bits per heavy atom. The largest absolute Gasteiger partial charge is 0.312 e. The van der Waals surface area contributed by atoms with E-state index in [1.807, 2.05) is 0 Å². The summed E-state index contributed by atoms with van der Waals surface area (Å²) in [6.07, 6.45) is 7.99.